The fourth-order valence-corrected chi connectivity index (χ4v) is 4.04. The van der Waals surface area contributed by atoms with Gasteiger partial charge in [-0.2, -0.15) is 0 Å². The molecule has 0 amide bonds. The number of thioether (sulfide) groups is 2. The van der Waals surface area contributed by atoms with Gasteiger partial charge in [0.25, 0.3) is 0 Å². The van der Waals surface area contributed by atoms with E-state index in [-0.39, 0.29) is 5.75 Å². The molecular weight excluding hydrogens is 398 g/mol. The first-order valence-electron chi connectivity index (χ1n) is 8.34. The molecule has 0 bridgehead atoms. The molecule has 1 aromatic carbocycles. The number of carboxylic acids is 1. The lowest BCUT2D eigenvalue weighted by Crippen LogP contribution is -2.05. The number of hydrogen-bond donors (Lipinski definition) is 1. The summed E-state index contributed by atoms with van der Waals surface area (Å²) in [6, 6.07) is 9.36. The van der Waals surface area contributed by atoms with E-state index in [1.165, 1.54) is 11.8 Å². The summed E-state index contributed by atoms with van der Waals surface area (Å²) in [4.78, 5) is 19.8. The van der Waals surface area contributed by atoms with Crippen LogP contribution in [-0.2, 0) is 10.5 Å². The average molecular weight is 418 g/mol. The van der Waals surface area contributed by atoms with Gasteiger partial charge in [-0.05, 0) is 44.2 Å². The third-order valence-electron chi connectivity index (χ3n) is 3.65. The molecule has 8 nitrogen and oxygen atoms in total. The Kier molecular flexibility index (Phi) is 6.53. The Morgan fingerprint density at radius 3 is 2.39 bits per heavy atom. The van der Waals surface area contributed by atoms with Crippen LogP contribution in [0, 0.1) is 13.8 Å². The van der Waals surface area contributed by atoms with E-state index < -0.39 is 5.97 Å². The largest absolute Gasteiger partial charge is 0.497 e. The minimum atomic E-state index is -0.908. The number of aryl methyl sites for hydroxylation is 2. The van der Waals surface area contributed by atoms with Gasteiger partial charge in [0.05, 0.1) is 18.6 Å². The smallest absolute Gasteiger partial charge is 0.313 e. The summed E-state index contributed by atoms with van der Waals surface area (Å²) in [5, 5.41) is 18.6. The fraction of sp³-hybridized carbons (Fsp3) is 0.278. The van der Waals surface area contributed by atoms with Crippen molar-refractivity contribution in [2.45, 2.75) is 29.9 Å². The van der Waals surface area contributed by atoms with Crippen molar-refractivity contribution in [3.63, 3.8) is 0 Å². The van der Waals surface area contributed by atoms with Gasteiger partial charge in [0.1, 0.15) is 11.6 Å². The minimum absolute atomic E-state index is 0.0956. The van der Waals surface area contributed by atoms with Crippen LogP contribution < -0.4 is 4.74 Å². The number of aromatic nitrogens is 5. The molecule has 2 heterocycles. The molecule has 0 unspecified atom stereocenters. The predicted molar refractivity (Wildman–Crippen MR) is 107 cm³/mol. The van der Waals surface area contributed by atoms with Gasteiger partial charge < -0.3 is 9.84 Å². The fourth-order valence-electron chi connectivity index (χ4n) is 2.49. The third-order valence-corrected chi connectivity index (χ3v) is 5.40. The van der Waals surface area contributed by atoms with Crippen LogP contribution in [0.5, 0.6) is 5.75 Å². The maximum Gasteiger partial charge on any atom is 0.313 e. The highest BCUT2D eigenvalue weighted by molar-refractivity contribution is 7.99. The minimum Gasteiger partial charge on any atom is -0.497 e. The van der Waals surface area contributed by atoms with E-state index in [0.717, 1.165) is 34.6 Å². The Balaban J connectivity index is 1.89. The van der Waals surface area contributed by atoms with E-state index in [1.54, 1.807) is 7.11 Å². The topological polar surface area (TPSA) is 103 Å². The van der Waals surface area contributed by atoms with E-state index in [0.29, 0.717) is 21.9 Å². The van der Waals surface area contributed by atoms with E-state index in [4.69, 9.17) is 9.84 Å². The van der Waals surface area contributed by atoms with Gasteiger partial charge in [0.2, 0.25) is 0 Å². The number of carbonyl (C=O) groups is 1. The van der Waals surface area contributed by atoms with E-state index in [1.807, 2.05) is 48.7 Å². The summed E-state index contributed by atoms with van der Waals surface area (Å²) in [6.45, 7) is 3.86. The molecule has 10 heteroatoms. The summed E-state index contributed by atoms with van der Waals surface area (Å²) in [5.41, 5.74) is 2.64. The van der Waals surface area contributed by atoms with Gasteiger partial charge >= 0.3 is 5.97 Å². The van der Waals surface area contributed by atoms with Crippen molar-refractivity contribution in [3.8, 4) is 11.4 Å². The standard InChI is InChI=1S/C18H19N5O3S2/c1-11-8-12(2)20-17(19-11)27-9-15-21-22-18(28-10-16(24)25)23(15)13-4-6-14(26-3)7-5-13/h4-8H,9-10H2,1-3H3,(H,24,25). The summed E-state index contributed by atoms with van der Waals surface area (Å²) in [5.74, 6) is 0.910. The molecule has 1 N–H and O–H groups in total. The maximum absolute atomic E-state index is 11.0. The Morgan fingerprint density at radius 2 is 1.79 bits per heavy atom. The molecule has 0 radical (unpaired) electrons. The van der Waals surface area contributed by atoms with Crippen LogP contribution in [0.25, 0.3) is 5.69 Å². The quantitative estimate of drug-likeness (QED) is 0.437. The van der Waals surface area contributed by atoms with Crippen molar-refractivity contribution in [1.82, 2.24) is 24.7 Å². The molecule has 0 spiro atoms. The predicted octanol–water partition coefficient (Wildman–Crippen LogP) is 3.15. The van der Waals surface area contributed by atoms with Crippen molar-refractivity contribution >= 4 is 29.5 Å². The highest BCUT2D eigenvalue weighted by Crippen LogP contribution is 2.27. The normalized spacial score (nSPS) is 10.8. The summed E-state index contributed by atoms with van der Waals surface area (Å²) < 4.78 is 7.06. The molecule has 0 saturated heterocycles. The number of carboxylic acid groups (broad SMARTS) is 1. The summed E-state index contributed by atoms with van der Waals surface area (Å²) in [6.07, 6.45) is 0. The Hall–Kier alpha value is -2.59. The highest BCUT2D eigenvalue weighted by atomic mass is 32.2. The zero-order chi connectivity index (χ0) is 20.1. The Bertz CT molecular complexity index is 956. The van der Waals surface area contributed by atoms with Crippen LogP contribution in [-0.4, -0.2) is 48.7 Å². The second kappa shape index (κ2) is 9.07. The Morgan fingerprint density at radius 1 is 1.11 bits per heavy atom. The van der Waals surface area contributed by atoms with E-state index >= 15 is 0 Å². The number of hydrogen-bond acceptors (Lipinski definition) is 8. The van der Waals surface area contributed by atoms with Crippen molar-refractivity contribution in [3.05, 3.63) is 47.5 Å². The van der Waals surface area contributed by atoms with Crippen LogP contribution in [0.1, 0.15) is 17.2 Å². The number of methoxy groups -OCH3 is 1. The molecule has 3 rings (SSSR count). The van der Waals surface area contributed by atoms with Gasteiger partial charge in [-0.3, -0.25) is 9.36 Å². The molecular formula is C18H19N5O3S2. The number of aliphatic carboxylic acids is 1. The number of benzene rings is 1. The second-order valence-electron chi connectivity index (χ2n) is 5.84. The molecule has 0 aliphatic heterocycles. The lowest BCUT2D eigenvalue weighted by atomic mass is 10.3. The van der Waals surface area contributed by atoms with E-state index in [9.17, 15) is 4.79 Å². The van der Waals surface area contributed by atoms with Crippen LogP contribution in [0.15, 0.2) is 40.6 Å². The van der Waals surface area contributed by atoms with Gasteiger partial charge in [0, 0.05) is 17.1 Å². The number of rotatable bonds is 8. The van der Waals surface area contributed by atoms with Gasteiger partial charge in [-0.15, -0.1) is 10.2 Å². The van der Waals surface area contributed by atoms with Crippen molar-refractivity contribution in [2.75, 3.05) is 12.9 Å². The molecule has 0 atom stereocenters. The van der Waals surface area contributed by atoms with Crippen molar-refractivity contribution in [2.24, 2.45) is 0 Å². The molecule has 0 aliphatic carbocycles. The van der Waals surface area contributed by atoms with E-state index in [2.05, 4.69) is 20.2 Å². The van der Waals surface area contributed by atoms with Crippen LogP contribution >= 0.6 is 23.5 Å². The number of ether oxygens (including phenoxy) is 1. The molecule has 2 aromatic heterocycles. The highest BCUT2D eigenvalue weighted by Gasteiger charge is 2.17. The van der Waals surface area contributed by atoms with Gasteiger partial charge in [-0.1, -0.05) is 23.5 Å². The molecule has 0 saturated carbocycles. The van der Waals surface area contributed by atoms with Crippen LogP contribution in [0.3, 0.4) is 0 Å². The zero-order valence-corrected chi connectivity index (χ0v) is 17.3. The molecule has 0 fully saturated rings. The average Bonchev–Trinajstić information content (AvgIpc) is 3.07. The summed E-state index contributed by atoms with van der Waals surface area (Å²) >= 11 is 2.59. The van der Waals surface area contributed by atoms with Gasteiger partial charge in [0.15, 0.2) is 10.3 Å². The monoisotopic (exact) mass is 417 g/mol. The first kappa shape index (κ1) is 20.2. The Labute approximate surface area is 170 Å². The summed E-state index contributed by atoms with van der Waals surface area (Å²) in [7, 11) is 1.60. The van der Waals surface area contributed by atoms with Gasteiger partial charge in [-0.25, -0.2) is 9.97 Å². The lowest BCUT2D eigenvalue weighted by Gasteiger charge is -2.10. The first-order chi connectivity index (χ1) is 13.5. The number of nitrogens with zero attached hydrogens (tertiary/aromatic N) is 5. The maximum atomic E-state index is 11.0. The first-order valence-corrected chi connectivity index (χ1v) is 10.3. The lowest BCUT2D eigenvalue weighted by molar-refractivity contribution is -0.133. The third kappa shape index (κ3) is 5.02. The SMILES string of the molecule is COc1ccc(-n2c(CSc3nc(C)cc(C)n3)nnc2SCC(=O)O)cc1. The zero-order valence-electron chi connectivity index (χ0n) is 15.6. The van der Waals surface area contributed by atoms with Crippen LogP contribution in [0.2, 0.25) is 0 Å². The molecule has 28 heavy (non-hydrogen) atoms. The molecule has 146 valence electrons. The van der Waals surface area contributed by atoms with Crippen molar-refractivity contribution < 1.29 is 14.6 Å². The van der Waals surface area contributed by atoms with Crippen molar-refractivity contribution in [1.29, 1.82) is 0 Å². The molecule has 0 aliphatic rings. The second-order valence-corrected chi connectivity index (χ2v) is 7.72. The van der Waals surface area contributed by atoms with Crippen LogP contribution in [0.4, 0.5) is 0 Å². The molecule has 3 aromatic rings.